The molecule has 1 aromatic carbocycles. The van der Waals surface area contributed by atoms with E-state index in [1.54, 1.807) is 7.11 Å². The smallest absolute Gasteiger partial charge is 0.258 e. The van der Waals surface area contributed by atoms with Gasteiger partial charge in [0.05, 0.1) is 7.11 Å². The highest BCUT2D eigenvalue weighted by molar-refractivity contribution is 9.10. The largest absolute Gasteiger partial charge is 0.493 e. The van der Waals surface area contributed by atoms with E-state index < -0.39 is 0 Å². The van der Waals surface area contributed by atoms with Gasteiger partial charge in [0.2, 0.25) is 0 Å². The number of ether oxygens (including phenoxy) is 2. The van der Waals surface area contributed by atoms with Crippen molar-refractivity contribution in [2.75, 3.05) is 26.9 Å². The Morgan fingerprint density at radius 2 is 1.92 bits per heavy atom. The summed E-state index contributed by atoms with van der Waals surface area (Å²) in [6, 6.07) is 3.73. The van der Waals surface area contributed by atoms with Crippen molar-refractivity contribution in [1.29, 1.82) is 0 Å². The summed E-state index contributed by atoms with van der Waals surface area (Å²) < 4.78 is 11.9. The summed E-state index contributed by atoms with van der Waals surface area (Å²) in [4.78, 5) is 11.9. The second-order valence-corrected chi connectivity index (χ2v) is 8.00. The Bertz CT molecular complexity index is 573. The van der Waals surface area contributed by atoms with E-state index >= 15 is 0 Å². The quantitative estimate of drug-likeness (QED) is 0.470. The van der Waals surface area contributed by atoms with Crippen LogP contribution in [0.1, 0.15) is 45.6 Å². The number of hydrogen-bond donors (Lipinski definition) is 3. The maximum atomic E-state index is 11.9. The number of carbonyl (C=O) groups is 1. The molecule has 6 nitrogen and oxygen atoms in total. The monoisotopic (exact) mass is 430 g/mol. The molecular weight excluding hydrogens is 400 g/mol. The van der Waals surface area contributed by atoms with Crippen molar-refractivity contribution < 1.29 is 19.4 Å². The van der Waals surface area contributed by atoms with Gasteiger partial charge in [0.15, 0.2) is 18.1 Å². The summed E-state index contributed by atoms with van der Waals surface area (Å²) in [5, 5.41) is 15.0. The molecule has 0 aromatic heterocycles. The van der Waals surface area contributed by atoms with E-state index in [4.69, 9.17) is 14.6 Å². The molecule has 0 aliphatic carbocycles. The predicted octanol–water partition coefficient (Wildman–Crippen LogP) is 3.00. The Kier molecular flexibility index (Phi) is 9.98. The molecule has 0 fully saturated rings. The first kappa shape index (κ1) is 22.7. The molecule has 3 N–H and O–H groups in total. The van der Waals surface area contributed by atoms with Gasteiger partial charge in [-0.3, -0.25) is 4.79 Å². The topological polar surface area (TPSA) is 79.8 Å². The average molecular weight is 431 g/mol. The Labute approximate surface area is 164 Å². The third-order valence-corrected chi connectivity index (χ3v) is 4.27. The molecule has 1 aromatic rings. The summed E-state index contributed by atoms with van der Waals surface area (Å²) in [5.74, 6) is 0.938. The fraction of sp³-hybridized carbons (Fsp3) is 0.632. The number of aliphatic hydroxyl groups is 1. The van der Waals surface area contributed by atoms with Gasteiger partial charge in [-0.05, 0) is 64.3 Å². The highest BCUT2D eigenvalue weighted by Crippen LogP contribution is 2.33. The minimum Gasteiger partial charge on any atom is -0.493 e. The van der Waals surface area contributed by atoms with Crippen molar-refractivity contribution in [3.05, 3.63) is 22.2 Å². The third kappa shape index (κ3) is 8.87. The second kappa shape index (κ2) is 11.4. The summed E-state index contributed by atoms with van der Waals surface area (Å²) >= 11 is 3.55. The van der Waals surface area contributed by atoms with E-state index in [9.17, 15) is 4.79 Å². The summed E-state index contributed by atoms with van der Waals surface area (Å²) in [6.45, 7) is 7.54. The van der Waals surface area contributed by atoms with Gasteiger partial charge in [0, 0.05) is 23.2 Å². The van der Waals surface area contributed by atoms with Crippen LogP contribution in [0.5, 0.6) is 11.5 Å². The van der Waals surface area contributed by atoms with E-state index in [1.807, 2.05) is 32.9 Å². The molecule has 0 atom stereocenters. The molecule has 1 rings (SSSR count). The van der Waals surface area contributed by atoms with Gasteiger partial charge in [-0.25, -0.2) is 0 Å². The van der Waals surface area contributed by atoms with Crippen LogP contribution in [0, 0.1) is 0 Å². The van der Waals surface area contributed by atoms with Crippen LogP contribution in [0.2, 0.25) is 0 Å². The molecule has 0 aliphatic rings. The molecular formula is C19H31BrN2O4. The van der Waals surface area contributed by atoms with Crippen LogP contribution < -0.4 is 20.1 Å². The number of carbonyl (C=O) groups excluding carboxylic acids is 1. The number of rotatable bonds is 11. The van der Waals surface area contributed by atoms with Crippen LogP contribution in [0.4, 0.5) is 0 Å². The van der Waals surface area contributed by atoms with E-state index in [-0.39, 0.29) is 24.7 Å². The fourth-order valence-electron chi connectivity index (χ4n) is 2.34. The van der Waals surface area contributed by atoms with Gasteiger partial charge in [0.25, 0.3) is 5.91 Å². The molecule has 0 radical (unpaired) electrons. The van der Waals surface area contributed by atoms with Gasteiger partial charge in [-0.1, -0.05) is 15.9 Å². The van der Waals surface area contributed by atoms with Crippen LogP contribution in [0.15, 0.2) is 16.6 Å². The first-order valence-corrected chi connectivity index (χ1v) is 9.68. The first-order valence-electron chi connectivity index (χ1n) is 8.88. The predicted molar refractivity (Wildman–Crippen MR) is 107 cm³/mol. The van der Waals surface area contributed by atoms with Gasteiger partial charge in [0.1, 0.15) is 0 Å². The Morgan fingerprint density at radius 3 is 2.54 bits per heavy atom. The zero-order valence-corrected chi connectivity index (χ0v) is 17.7. The maximum absolute atomic E-state index is 11.9. The van der Waals surface area contributed by atoms with Crippen molar-refractivity contribution >= 4 is 21.8 Å². The summed E-state index contributed by atoms with van der Waals surface area (Å²) in [6.07, 6.45) is 2.88. The number of methoxy groups -OCH3 is 1. The number of hydrogen-bond acceptors (Lipinski definition) is 5. The van der Waals surface area contributed by atoms with E-state index in [1.165, 1.54) is 0 Å². The molecule has 0 heterocycles. The van der Waals surface area contributed by atoms with Crippen LogP contribution >= 0.6 is 15.9 Å². The van der Waals surface area contributed by atoms with E-state index in [0.29, 0.717) is 18.0 Å². The lowest BCUT2D eigenvalue weighted by Gasteiger charge is -2.21. The Morgan fingerprint density at radius 1 is 1.19 bits per heavy atom. The second-order valence-electron chi connectivity index (χ2n) is 7.14. The number of unbranched alkanes of at least 4 members (excludes halogenated alkanes) is 2. The molecule has 148 valence electrons. The van der Waals surface area contributed by atoms with Gasteiger partial charge < -0.3 is 25.2 Å². The zero-order valence-electron chi connectivity index (χ0n) is 16.2. The molecule has 0 unspecified atom stereocenters. The molecule has 7 heteroatoms. The van der Waals surface area contributed by atoms with Gasteiger partial charge in [-0.2, -0.15) is 0 Å². The molecule has 1 amide bonds. The first-order chi connectivity index (χ1) is 12.3. The minimum absolute atomic E-state index is 0.0669. The van der Waals surface area contributed by atoms with Gasteiger partial charge >= 0.3 is 0 Å². The van der Waals surface area contributed by atoms with E-state index in [2.05, 4.69) is 26.6 Å². The lowest BCUT2D eigenvalue weighted by atomic mass is 10.1. The molecule has 0 aliphatic heterocycles. The van der Waals surface area contributed by atoms with Crippen molar-refractivity contribution in [2.24, 2.45) is 0 Å². The van der Waals surface area contributed by atoms with Crippen molar-refractivity contribution in [3.8, 4) is 11.5 Å². The number of nitrogens with one attached hydrogen (secondary N) is 2. The molecule has 26 heavy (non-hydrogen) atoms. The molecule has 0 bridgehead atoms. The van der Waals surface area contributed by atoms with Gasteiger partial charge in [-0.15, -0.1) is 0 Å². The molecule has 0 saturated heterocycles. The van der Waals surface area contributed by atoms with Crippen LogP contribution in [-0.2, 0) is 11.3 Å². The summed E-state index contributed by atoms with van der Waals surface area (Å²) in [7, 11) is 1.58. The summed E-state index contributed by atoms with van der Waals surface area (Å²) in [5.41, 5.74) is 0.758. The van der Waals surface area contributed by atoms with Crippen LogP contribution in [-0.4, -0.2) is 43.4 Å². The van der Waals surface area contributed by atoms with Crippen LogP contribution in [0.3, 0.4) is 0 Å². The fourth-order valence-corrected chi connectivity index (χ4v) is 2.81. The van der Waals surface area contributed by atoms with Crippen molar-refractivity contribution in [2.45, 2.75) is 52.1 Å². The SMILES string of the molecule is COc1cc(CNCCCCCO)c(Br)cc1OCC(=O)NC(C)(C)C. The Balaban J connectivity index is 2.61. The standard InChI is InChI=1S/C19H31BrN2O4/c1-19(2,3)22-18(24)13-26-17-11-15(20)14(10-16(17)25-4)12-21-8-6-5-7-9-23/h10-11,21,23H,5-9,12-13H2,1-4H3,(H,22,24). The molecule has 0 saturated carbocycles. The highest BCUT2D eigenvalue weighted by Gasteiger charge is 2.16. The minimum atomic E-state index is -0.294. The van der Waals surface area contributed by atoms with Crippen molar-refractivity contribution in [1.82, 2.24) is 10.6 Å². The number of benzene rings is 1. The normalized spacial score (nSPS) is 11.3. The third-order valence-electron chi connectivity index (χ3n) is 3.53. The number of amides is 1. The molecule has 0 spiro atoms. The number of aliphatic hydroxyl groups excluding tert-OH is 1. The Hall–Kier alpha value is -1.31. The van der Waals surface area contributed by atoms with E-state index in [0.717, 1.165) is 35.8 Å². The number of halogens is 1. The lowest BCUT2D eigenvalue weighted by molar-refractivity contribution is -0.124. The average Bonchev–Trinajstić information content (AvgIpc) is 2.55. The van der Waals surface area contributed by atoms with Crippen LogP contribution in [0.25, 0.3) is 0 Å². The van der Waals surface area contributed by atoms with Crippen molar-refractivity contribution in [3.63, 3.8) is 0 Å². The highest BCUT2D eigenvalue weighted by atomic mass is 79.9. The maximum Gasteiger partial charge on any atom is 0.258 e. The lowest BCUT2D eigenvalue weighted by Crippen LogP contribution is -2.43. The zero-order chi connectivity index (χ0) is 19.6.